The third kappa shape index (κ3) is 7.03. The van der Waals surface area contributed by atoms with Gasteiger partial charge in [0.05, 0.1) is 11.6 Å². The second kappa shape index (κ2) is 13.5. The summed E-state index contributed by atoms with van der Waals surface area (Å²) in [6.45, 7) is 7.10. The molecule has 1 saturated heterocycles. The Labute approximate surface area is 256 Å². The molecule has 0 spiro atoms. The molecule has 1 amide bonds. The van der Waals surface area contributed by atoms with Crippen molar-refractivity contribution < 1.29 is 22.8 Å². The summed E-state index contributed by atoms with van der Waals surface area (Å²) in [4.78, 5) is 31.0. The van der Waals surface area contributed by atoms with Gasteiger partial charge in [-0.1, -0.05) is 67.6 Å². The Morgan fingerprint density at radius 2 is 1.50 bits per heavy atom. The lowest BCUT2D eigenvalue weighted by atomic mass is 9.97. The Morgan fingerprint density at radius 1 is 0.841 bits per heavy atom. The molecule has 1 heterocycles. The van der Waals surface area contributed by atoms with E-state index in [1.54, 1.807) is 24.3 Å². The van der Waals surface area contributed by atoms with E-state index in [0.717, 1.165) is 61.5 Å². The first kappa shape index (κ1) is 31.0. The number of hydrogen-bond donors (Lipinski definition) is 1. The standard InChI is InChI=1S/C36H36F3N3O2/c1-3-9-33(43)34(27-10-5-4-6-11-27)42-22-20-41(21-23-42)32-19-18-29(24-25(32)2)40-35(44)31-13-8-7-12-30(31)26-14-16-28(17-15-26)36(37,38)39/h4-8,10-19,24,34H,3,9,20-23H2,1-2H3,(H,40,44). The van der Waals surface area contributed by atoms with Gasteiger partial charge in [-0.05, 0) is 72.0 Å². The van der Waals surface area contributed by atoms with Gasteiger partial charge in [-0.25, -0.2) is 0 Å². The molecule has 228 valence electrons. The van der Waals surface area contributed by atoms with Gasteiger partial charge in [0.25, 0.3) is 5.91 Å². The summed E-state index contributed by atoms with van der Waals surface area (Å²) in [5, 5.41) is 2.96. The van der Waals surface area contributed by atoms with Gasteiger partial charge in [-0.15, -0.1) is 0 Å². The van der Waals surface area contributed by atoms with Crippen molar-refractivity contribution in [3.63, 3.8) is 0 Å². The SMILES string of the molecule is CCCC(=O)C(c1ccccc1)N1CCN(c2ccc(NC(=O)c3ccccc3-c3ccc(C(F)(F)F)cc3)cc2C)CC1. The van der Waals surface area contributed by atoms with E-state index in [1.807, 2.05) is 62.4 Å². The first-order valence-electron chi connectivity index (χ1n) is 14.9. The molecule has 4 aromatic carbocycles. The molecule has 1 aliphatic rings. The van der Waals surface area contributed by atoms with E-state index >= 15 is 0 Å². The van der Waals surface area contributed by atoms with Gasteiger partial charge in [0.1, 0.15) is 0 Å². The molecule has 0 aliphatic carbocycles. The van der Waals surface area contributed by atoms with Crippen LogP contribution < -0.4 is 10.2 Å². The van der Waals surface area contributed by atoms with Crippen molar-refractivity contribution in [3.05, 3.63) is 119 Å². The minimum atomic E-state index is -4.43. The number of nitrogens with one attached hydrogen (secondary N) is 1. The van der Waals surface area contributed by atoms with Crippen molar-refractivity contribution in [1.82, 2.24) is 4.90 Å². The van der Waals surface area contributed by atoms with Crippen LogP contribution in [0.2, 0.25) is 0 Å². The molecular weight excluding hydrogens is 563 g/mol. The lowest BCUT2D eigenvalue weighted by molar-refractivity contribution is -0.137. The van der Waals surface area contributed by atoms with E-state index in [4.69, 9.17) is 0 Å². The van der Waals surface area contributed by atoms with Crippen LogP contribution in [-0.4, -0.2) is 42.8 Å². The predicted octanol–water partition coefficient (Wildman–Crippen LogP) is 8.17. The van der Waals surface area contributed by atoms with E-state index < -0.39 is 11.7 Å². The monoisotopic (exact) mass is 599 g/mol. The molecule has 44 heavy (non-hydrogen) atoms. The number of nitrogens with zero attached hydrogens (tertiary/aromatic N) is 2. The van der Waals surface area contributed by atoms with Crippen molar-refractivity contribution in [2.24, 2.45) is 0 Å². The summed E-state index contributed by atoms with van der Waals surface area (Å²) in [6.07, 6.45) is -3.04. The molecule has 0 bridgehead atoms. The molecular formula is C36H36F3N3O2. The number of benzene rings is 4. The van der Waals surface area contributed by atoms with Gasteiger partial charge in [0.15, 0.2) is 5.78 Å². The zero-order chi connectivity index (χ0) is 31.3. The number of ketones is 1. The van der Waals surface area contributed by atoms with Gasteiger partial charge in [-0.3, -0.25) is 14.5 Å². The van der Waals surface area contributed by atoms with E-state index in [1.165, 1.54) is 12.1 Å². The average Bonchev–Trinajstić information content (AvgIpc) is 3.02. The fourth-order valence-electron chi connectivity index (χ4n) is 5.90. The number of Topliss-reactive ketones (excluding diaryl/α,β-unsaturated/α-hetero) is 1. The molecule has 1 N–H and O–H groups in total. The number of hydrogen-bond acceptors (Lipinski definition) is 4. The molecule has 4 aromatic rings. The highest BCUT2D eigenvalue weighted by Gasteiger charge is 2.31. The third-order valence-corrected chi connectivity index (χ3v) is 8.09. The van der Waals surface area contributed by atoms with Crippen molar-refractivity contribution >= 4 is 23.1 Å². The predicted molar refractivity (Wildman–Crippen MR) is 169 cm³/mol. The maximum Gasteiger partial charge on any atom is 0.416 e. The average molecular weight is 600 g/mol. The maximum atomic E-state index is 13.3. The fourth-order valence-corrected chi connectivity index (χ4v) is 5.90. The Balaban J connectivity index is 1.26. The fraction of sp³-hybridized carbons (Fsp3) is 0.278. The molecule has 8 heteroatoms. The molecule has 1 aliphatic heterocycles. The Hall–Kier alpha value is -4.43. The second-order valence-electron chi connectivity index (χ2n) is 11.1. The molecule has 0 aromatic heterocycles. The Morgan fingerprint density at radius 3 is 2.14 bits per heavy atom. The van der Waals surface area contributed by atoms with Crippen LogP contribution in [0.3, 0.4) is 0 Å². The first-order valence-corrected chi connectivity index (χ1v) is 14.9. The van der Waals surface area contributed by atoms with Gasteiger partial charge in [0.2, 0.25) is 0 Å². The third-order valence-electron chi connectivity index (χ3n) is 8.09. The molecule has 5 nitrogen and oxygen atoms in total. The smallest absolute Gasteiger partial charge is 0.369 e. The van der Waals surface area contributed by atoms with Crippen LogP contribution >= 0.6 is 0 Å². The van der Waals surface area contributed by atoms with Gasteiger partial charge < -0.3 is 10.2 Å². The van der Waals surface area contributed by atoms with E-state index in [0.29, 0.717) is 28.8 Å². The van der Waals surface area contributed by atoms with Crippen LogP contribution in [0.15, 0.2) is 97.1 Å². The number of anilines is 2. The van der Waals surface area contributed by atoms with Crippen LogP contribution in [0.4, 0.5) is 24.5 Å². The van der Waals surface area contributed by atoms with Crippen LogP contribution in [0, 0.1) is 6.92 Å². The number of piperazine rings is 1. The molecule has 0 saturated carbocycles. The highest BCUT2D eigenvalue weighted by molar-refractivity contribution is 6.08. The molecule has 1 fully saturated rings. The molecule has 0 radical (unpaired) electrons. The molecule has 5 rings (SSSR count). The Bertz CT molecular complexity index is 1600. The van der Waals surface area contributed by atoms with Crippen LogP contribution in [0.25, 0.3) is 11.1 Å². The van der Waals surface area contributed by atoms with Gasteiger partial charge in [-0.2, -0.15) is 13.2 Å². The lowest BCUT2D eigenvalue weighted by Crippen LogP contribution is -2.49. The number of halogens is 3. The van der Waals surface area contributed by atoms with Crippen molar-refractivity contribution in [1.29, 1.82) is 0 Å². The summed E-state index contributed by atoms with van der Waals surface area (Å²) in [7, 11) is 0. The number of alkyl halides is 3. The largest absolute Gasteiger partial charge is 0.416 e. The minimum Gasteiger partial charge on any atom is -0.369 e. The maximum absolute atomic E-state index is 13.3. The number of amides is 1. The molecule has 1 unspecified atom stereocenters. The summed E-state index contributed by atoms with van der Waals surface area (Å²) in [5.41, 5.74) is 4.47. The van der Waals surface area contributed by atoms with Gasteiger partial charge in [0, 0.05) is 49.5 Å². The summed E-state index contributed by atoms with van der Waals surface area (Å²) in [5.74, 6) is -0.0896. The normalized spacial score (nSPS) is 14.7. The summed E-state index contributed by atoms with van der Waals surface area (Å²) < 4.78 is 39.1. The number of aryl methyl sites for hydroxylation is 1. The zero-order valence-electron chi connectivity index (χ0n) is 24.9. The van der Waals surface area contributed by atoms with Crippen molar-refractivity contribution in [2.75, 3.05) is 36.4 Å². The van der Waals surface area contributed by atoms with Crippen LogP contribution in [0.1, 0.15) is 52.9 Å². The number of carbonyl (C=O) groups excluding carboxylic acids is 2. The quantitative estimate of drug-likeness (QED) is 0.211. The zero-order valence-corrected chi connectivity index (χ0v) is 24.9. The second-order valence-corrected chi connectivity index (χ2v) is 11.1. The highest BCUT2D eigenvalue weighted by atomic mass is 19.4. The lowest BCUT2D eigenvalue weighted by Gasteiger charge is -2.40. The minimum absolute atomic E-state index is 0.234. The van der Waals surface area contributed by atoms with Crippen molar-refractivity contribution in [2.45, 2.75) is 38.9 Å². The first-order chi connectivity index (χ1) is 21.2. The van der Waals surface area contributed by atoms with Gasteiger partial charge >= 0.3 is 6.18 Å². The topological polar surface area (TPSA) is 52.7 Å². The number of carbonyl (C=O) groups is 2. The summed E-state index contributed by atoms with van der Waals surface area (Å²) in [6, 6.07) is 27.2. The number of rotatable bonds is 9. The van der Waals surface area contributed by atoms with E-state index in [-0.39, 0.29) is 17.7 Å². The molecule has 1 atom stereocenters. The van der Waals surface area contributed by atoms with E-state index in [2.05, 4.69) is 15.1 Å². The summed E-state index contributed by atoms with van der Waals surface area (Å²) >= 11 is 0. The van der Waals surface area contributed by atoms with Crippen LogP contribution in [-0.2, 0) is 11.0 Å². The highest BCUT2D eigenvalue weighted by Crippen LogP contribution is 2.33. The van der Waals surface area contributed by atoms with Crippen molar-refractivity contribution in [3.8, 4) is 11.1 Å². The van der Waals surface area contributed by atoms with E-state index in [9.17, 15) is 22.8 Å². The van der Waals surface area contributed by atoms with Crippen LogP contribution in [0.5, 0.6) is 0 Å². The Kier molecular flexibility index (Phi) is 9.49.